The predicted molar refractivity (Wildman–Crippen MR) is 112 cm³/mol. The first-order valence-electron chi connectivity index (χ1n) is 8.67. The van der Waals surface area contributed by atoms with Crippen molar-refractivity contribution in [2.24, 2.45) is 0 Å². The molecule has 0 saturated carbocycles. The molecule has 0 atom stereocenters. The molecule has 0 aliphatic carbocycles. The molecule has 4 rings (SSSR count). The number of fused-ring (bicyclic) bond motifs is 2. The van der Waals surface area contributed by atoms with Gasteiger partial charge < -0.3 is 10.1 Å². The molecule has 2 aliphatic heterocycles. The molecule has 2 aliphatic rings. The zero-order chi connectivity index (χ0) is 19.6. The number of aromatic nitrogens is 2. The maximum atomic E-state index is 11.8. The molecule has 0 radical (unpaired) electrons. The molecule has 1 aromatic carbocycles. The van der Waals surface area contributed by atoms with E-state index in [2.05, 4.69) is 21.4 Å². The average molecular weight is 446 g/mol. The van der Waals surface area contributed by atoms with Crippen LogP contribution in [0.4, 0.5) is 4.79 Å². The quantitative estimate of drug-likeness (QED) is 0.593. The summed E-state index contributed by atoms with van der Waals surface area (Å²) in [5.74, 6) is 0. The standard InChI is InChI=1S/C11H14ClN3O2.C8H8ClN.ClH/c1-11(2,3)17-10(16)15-5-7-4-13-9(12)14-8(7)6-15;9-8-2-1-6-4-10-5-7(6)3-8;/h4H,5-6H2,1-3H3;1-3,10H,4-5H2;1H. The van der Waals surface area contributed by atoms with E-state index in [4.69, 9.17) is 27.9 Å². The zero-order valence-electron chi connectivity index (χ0n) is 16.0. The van der Waals surface area contributed by atoms with Crippen molar-refractivity contribution in [3.05, 3.63) is 57.1 Å². The Morgan fingerprint density at radius 3 is 2.57 bits per heavy atom. The molecule has 152 valence electrons. The Labute approximate surface area is 181 Å². The molecule has 9 heteroatoms. The van der Waals surface area contributed by atoms with Crippen LogP contribution in [0.2, 0.25) is 10.3 Å². The van der Waals surface area contributed by atoms with Crippen molar-refractivity contribution in [1.82, 2.24) is 20.2 Å². The lowest BCUT2D eigenvalue weighted by atomic mass is 10.1. The van der Waals surface area contributed by atoms with Crippen LogP contribution in [0.25, 0.3) is 0 Å². The smallest absolute Gasteiger partial charge is 0.410 e. The predicted octanol–water partition coefficient (Wildman–Crippen LogP) is 4.75. The highest BCUT2D eigenvalue weighted by molar-refractivity contribution is 6.30. The molecule has 3 heterocycles. The fraction of sp³-hybridized carbons (Fsp3) is 0.421. The van der Waals surface area contributed by atoms with Crippen molar-refractivity contribution in [1.29, 1.82) is 0 Å². The van der Waals surface area contributed by atoms with Crippen LogP contribution in [0.5, 0.6) is 0 Å². The van der Waals surface area contributed by atoms with Crippen LogP contribution in [0.1, 0.15) is 43.2 Å². The lowest BCUT2D eigenvalue weighted by molar-refractivity contribution is 0.0240. The average Bonchev–Trinajstić information content (AvgIpc) is 3.19. The van der Waals surface area contributed by atoms with Gasteiger partial charge in [-0.1, -0.05) is 17.7 Å². The van der Waals surface area contributed by atoms with Crippen molar-refractivity contribution in [3.63, 3.8) is 0 Å². The Hall–Kier alpha value is -1.60. The maximum Gasteiger partial charge on any atom is 0.410 e. The number of halogens is 3. The number of nitrogens with one attached hydrogen (secondary N) is 1. The second kappa shape index (κ2) is 9.27. The van der Waals surface area contributed by atoms with Gasteiger partial charge in [0.15, 0.2) is 0 Å². The lowest BCUT2D eigenvalue weighted by Gasteiger charge is -2.23. The van der Waals surface area contributed by atoms with Gasteiger partial charge in [-0.25, -0.2) is 14.8 Å². The number of carbonyl (C=O) groups excluding carboxylic acids is 1. The monoisotopic (exact) mass is 444 g/mol. The summed E-state index contributed by atoms with van der Waals surface area (Å²) in [5.41, 5.74) is 3.93. The van der Waals surface area contributed by atoms with Crippen LogP contribution in [0.15, 0.2) is 24.4 Å². The van der Waals surface area contributed by atoms with Crippen molar-refractivity contribution in [2.75, 3.05) is 0 Å². The van der Waals surface area contributed by atoms with E-state index in [0.717, 1.165) is 29.4 Å². The minimum absolute atomic E-state index is 0. The zero-order valence-corrected chi connectivity index (χ0v) is 18.3. The molecule has 1 aromatic heterocycles. The number of hydrogen-bond donors (Lipinski definition) is 1. The number of rotatable bonds is 0. The van der Waals surface area contributed by atoms with Crippen LogP contribution in [0.3, 0.4) is 0 Å². The van der Waals surface area contributed by atoms with Crippen LogP contribution >= 0.6 is 35.6 Å². The molecule has 28 heavy (non-hydrogen) atoms. The second-order valence-electron chi connectivity index (χ2n) is 7.46. The van der Waals surface area contributed by atoms with Gasteiger partial charge in [0.05, 0.1) is 18.8 Å². The second-order valence-corrected chi connectivity index (χ2v) is 8.24. The number of nitrogens with zero attached hydrogens (tertiary/aromatic N) is 3. The highest BCUT2D eigenvalue weighted by Crippen LogP contribution is 2.23. The SMILES string of the molecule is CC(C)(C)OC(=O)N1Cc2cnc(Cl)nc2C1.Cl.Clc1ccc2c(c1)CNC2. The van der Waals surface area contributed by atoms with Crippen molar-refractivity contribution >= 4 is 41.7 Å². The van der Waals surface area contributed by atoms with E-state index in [1.807, 2.05) is 32.9 Å². The number of benzene rings is 1. The number of hydrogen-bond acceptors (Lipinski definition) is 5. The maximum absolute atomic E-state index is 11.8. The van der Waals surface area contributed by atoms with Gasteiger partial charge in [-0.2, -0.15) is 0 Å². The largest absolute Gasteiger partial charge is 0.444 e. The van der Waals surface area contributed by atoms with Gasteiger partial charge in [0, 0.05) is 29.9 Å². The summed E-state index contributed by atoms with van der Waals surface area (Å²) in [4.78, 5) is 21.4. The number of amides is 1. The van der Waals surface area contributed by atoms with Crippen LogP contribution in [-0.2, 0) is 30.9 Å². The fourth-order valence-electron chi connectivity index (χ4n) is 2.85. The third-order valence-electron chi connectivity index (χ3n) is 4.08. The summed E-state index contributed by atoms with van der Waals surface area (Å²) in [6, 6.07) is 6.04. The minimum atomic E-state index is -0.491. The van der Waals surface area contributed by atoms with Crippen molar-refractivity contribution < 1.29 is 9.53 Å². The van der Waals surface area contributed by atoms with E-state index in [-0.39, 0.29) is 23.8 Å². The Kier molecular flexibility index (Phi) is 7.51. The van der Waals surface area contributed by atoms with E-state index < -0.39 is 5.60 Å². The minimum Gasteiger partial charge on any atom is -0.444 e. The summed E-state index contributed by atoms with van der Waals surface area (Å²) in [6.07, 6.45) is 1.31. The van der Waals surface area contributed by atoms with Gasteiger partial charge in [-0.3, -0.25) is 4.90 Å². The van der Waals surface area contributed by atoms with E-state index in [9.17, 15) is 4.79 Å². The van der Waals surface area contributed by atoms with Gasteiger partial charge in [-0.05, 0) is 55.6 Å². The third kappa shape index (κ3) is 5.95. The molecule has 0 saturated heterocycles. The van der Waals surface area contributed by atoms with Crippen LogP contribution in [-0.4, -0.2) is 26.6 Å². The summed E-state index contributed by atoms with van der Waals surface area (Å²) >= 11 is 11.5. The Balaban J connectivity index is 0.000000217. The summed E-state index contributed by atoms with van der Waals surface area (Å²) in [6.45, 7) is 8.37. The molecular formula is C19H23Cl3N4O2. The van der Waals surface area contributed by atoms with Crippen LogP contribution in [0, 0.1) is 0 Å². The summed E-state index contributed by atoms with van der Waals surface area (Å²) in [7, 11) is 0. The summed E-state index contributed by atoms with van der Waals surface area (Å²) in [5, 5.41) is 4.30. The van der Waals surface area contributed by atoms with Gasteiger partial charge in [0.2, 0.25) is 5.28 Å². The number of carbonyl (C=O) groups is 1. The van der Waals surface area contributed by atoms with Gasteiger partial charge >= 0.3 is 6.09 Å². The third-order valence-corrected chi connectivity index (χ3v) is 4.49. The normalized spacial score (nSPS) is 14.4. The van der Waals surface area contributed by atoms with Gasteiger partial charge in [0.1, 0.15) is 5.60 Å². The van der Waals surface area contributed by atoms with E-state index in [1.165, 1.54) is 11.1 Å². The molecule has 0 fully saturated rings. The van der Waals surface area contributed by atoms with Crippen molar-refractivity contribution in [2.45, 2.75) is 52.6 Å². The molecular weight excluding hydrogens is 423 g/mol. The highest BCUT2D eigenvalue weighted by Gasteiger charge is 2.28. The van der Waals surface area contributed by atoms with E-state index >= 15 is 0 Å². The van der Waals surface area contributed by atoms with Crippen LogP contribution < -0.4 is 5.32 Å². The lowest BCUT2D eigenvalue weighted by Crippen LogP contribution is -2.33. The fourth-order valence-corrected chi connectivity index (χ4v) is 3.19. The first-order valence-corrected chi connectivity index (χ1v) is 9.43. The van der Waals surface area contributed by atoms with Crippen molar-refractivity contribution in [3.8, 4) is 0 Å². The Bertz CT molecular complexity index is 856. The Morgan fingerprint density at radius 1 is 1.14 bits per heavy atom. The van der Waals surface area contributed by atoms with Gasteiger partial charge in [0.25, 0.3) is 0 Å². The summed E-state index contributed by atoms with van der Waals surface area (Å²) < 4.78 is 5.29. The molecule has 0 spiro atoms. The number of ether oxygens (including phenoxy) is 1. The molecule has 2 aromatic rings. The highest BCUT2D eigenvalue weighted by atomic mass is 35.5. The van der Waals surface area contributed by atoms with E-state index in [1.54, 1.807) is 11.1 Å². The molecule has 1 N–H and O–H groups in total. The van der Waals surface area contributed by atoms with Gasteiger partial charge in [-0.15, -0.1) is 12.4 Å². The molecule has 1 amide bonds. The molecule has 0 bridgehead atoms. The first-order chi connectivity index (χ1) is 12.7. The Morgan fingerprint density at radius 2 is 1.86 bits per heavy atom. The molecule has 6 nitrogen and oxygen atoms in total. The topological polar surface area (TPSA) is 67.3 Å². The molecule has 0 unspecified atom stereocenters. The van der Waals surface area contributed by atoms with E-state index in [0.29, 0.717) is 13.1 Å². The first kappa shape index (κ1) is 22.7.